The molecule has 0 heterocycles. The van der Waals surface area contributed by atoms with Crippen LogP contribution < -0.4 is 0 Å². The molecule has 1 rings (SSSR count). The second-order valence-corrected chi connectivity index (χ2v) is 1.41. The van der Waals surface area contributed by atoms with Crippen LogP contribution in [0.1, 0.15) is 5.56 Å². The molecule has 0 saturated heterocycles. The van der Waals surface area contributed by atoms with E-state index in [0.29, 0.717) is 0 Å². The molecule has 7 heavy (non-hydrogen) atoms. The Hall–Kier alpha value is -0.780. The van der Waals surface area contributed by atoms with E-state index in [4.69, 9.17) is 0 Å². The third kappa shape index (κ3) is 1.04. The summed E-state index contributed by atoms with van der Waals surface area (Å²) in [4.78, 5) is 0. The Morgan fingerprint density at radius 2 is 2.43 bits per heavy atom. The minimum atomic E-state index is 1.11. The molecule has 3 radical (unpaired) electrons. The maximum Gasteiger partial charge on any atom is -0.00110 e. The molecule has 0 saturated carbocycles. The summed E-state index contributed by atoms with van der Waals surface area (Å²) < 4.78 is 0. The number of hydrogen-bond donors (Lipinski definition) is 0. The molecule has 0 fully saturated rings. The third-order valence-corrected chi connectivity index (χ3v) is 0.749. The minimum absolute atomic E-state index is 1.11. The van der Waals surface area contributed by atoms with Gasteiger partial charge in [-0.1, -0.05) is 12.1 Å². The van der Waals surface area contributed by atoms with Gasteiger partial charge in [0.25, 0.3) is 0 Å². The van der Waals surface area contributed by atoms with Gasteiger partial charge in [-0.05, 0) is 30.7 Å². The quantitative estimate of drug-likeness (QED) is 0.450. The van der Waals surface area contributed by atoms with Crippen molar-refractivity contribution in [1.29, 1.82) is 0 Å². The Morgan fingerprint density at radius 1 is 1.57 bits per heavy atom. The molecule has 1 aromatic rings. The molecule has 0 bridgehead atoms. The molecule has 1 aromatic carbocycles. The van der Waals surface area contributed by atoms with E-state index in [9.17, 15) is 0 Å². The van der Waals surface area contributed by atoms with Gasteiger partial charge in [0.1, 0.15) is 0 Å². The maximum atomic E-state index is 2.85. The van der Waals surface area contributed by atoms with Crippen molar-refractivity contribution in [1.82, 2.24) is 0 Å². The molecule has 33 valence electrons. The Bertz CT molecular complexity index is 130. The first-order valence-corrected chi connectivity index (χ1v) is 2.16. The van der Waals surface area contributed by atoms with Crippen molar-refractivity contribution in [2.45, 2.75) is 6.92 Å². The third-order valence-electron chi connectivity index (χ3n) is 0.749. The van der Waals surface area contributed by atoms with Gasteiger partial charge in [0.2, 0.25) is 0 Å². The van der Waals surface area contributed by atoms with Gasteiger partial charge in [0.05, 0.1) is 0 Å². The molecule has 0 amide bonds. The highest BCUT2D eigenvalue weighted by Crippen LogP contribution is 1.89. The molecule has 0 heteroatoms. The second kappa shape index (κ2) is 1.78. The predicted octanol–water partition coefficient (Wildman–Crippen LogP) is 1.40. The molecule has 0 aromatic heterocycles. The summed E-state index contributed by atoms with van der Waals surface area (Å²) in [5.41, 5.74) is 1.11. The average Bonchev–Trinajstić information content (AvgIpc) is 1.69. The summed E-state index contributed by atoms with van der Waals surface area (Å²) in [6, 6.07) is 12.1. The van der Waals surface area contributed by atoms with Crippen LogP contribution in [0.3, 0.4) is 0 Å². The van der Waals surface area contributed by atoms with E-state index >= 15 is 0 Å². The van der Waals surface area contributed by atoms with Gasteiger partial charge >= 0.3 is 0 Å². The summed E-state index contributed by atoms with van der Waals surface area (Å²) >= 11 is 0. The van der Waals surface area contributed by atoms with Crippen molar-refractivity contribution in [3.05, 3.63) is 35.9 Å². The van der Waals surface area contributed by atoms with E-state index in [2.05, 4.69) is 18.2 Å². The van der Waals surface area contributed by atoms with Crippen LogP contribution in [0.25, 0.3) is 0 Å². The van der Waals surface area contributed by atoms with Gasteiger partial charge in [-0.3, -0.25) is 0 Å². The summed E-state index contributed by atoms with van der Waals surface area (Å²) in [5, 5.41) is 0. The molecule has 0 aliphatic rings. The largest absolute Gasteiger partial charge is 0.0580 e. The van der Waals surface area contributed by atoms with E-state index < -0.39 is 0 Å². The van der Waals surface area contributed by atoms with E-state index in [0.717, 1.165) is 5.56 Å². The lowest BCUT2D eigenvalue weighted by molar-refractivity contribution is 1.45. The zero-order chi connectivity index (χ0) is 5.11. The fraction of sp³-hybridized carbons (Fsp3) is 0.143. The fourth-order valence-corrected chi connectivity index (χ4v) is 0.385. The Balaban J connectivity index is 3.02. The predicted molar refractivity (Wildman–Crippen MR) is 27.7 cm³/mol. The zero-order valence-electron chi connectivity index (χ0n) is 4.15. The van der Waals surface area contributed by atoms with Crippen molar-refractivity contribution >= 4 is 0 Å². The van der Waals surface area contributed by atoms with Gasteiger partial charge < -0.3 is 0 Å². The first kappa shape index (κ1) is 4.38. The maximum absolute atomic E-state index is 2.85. The number of benzene rings is 1. The summed E-state index contributed by atoms with van der Waals surface area (Å²) in [6.07, 6.45) is 0. The Kier molecular flexibility index (Phi) is 1.12. The smallest absolute Gasteiger partial charge is 0.00110 e. The van der Waals surface area contributed by atoms with Crippen LogP contribution in [0.15, 0.2) is 12.1 Å². The van der Waals surface area contributed by atoms with E-state index in [1.54, 1.807) is 0 Å². The number of rotatable bonds is 0. The molecular weight excluding hydrogens is 84.1 g/mol. The first-order chi connectivity index (χ1) is 3.39. The van der Waals surface area contributed by atoms with Crippen molar-refractivity contribution in [2.75, 3.05) is 0 Å². The molecule has 0 N–H and O–H groups in total. The lowest BCUT2D eigenvalue weighted by Gasteiger charge is -1.80. The van der Waals surface area contributed by atoms with Gasteiger partial charge in [0.15, 0.2) is 0 Å². The minimum Gasteiger partial charge on any atom is -0.0580 e. The zero-order valence-corrected chi connectivity index (χ0v) is 4.15. The van der Waals surface area contributed by atoms with E-state index in [1.165, 1.54) is 0 Å². The number of hydrogen-bond acceptors (Lipinski definition) is 0. The average molecular weight is 89.1 g/mol. The van der Waals surface area contributed by atoms with Crippen LogP contribution >= 0.6 is 0 Å². The number of aryl methyl sites for hydroxylation is 1. The lowest BCUT2D eigenvalue weighted by Crippen LogP contribution is -1.65. The lowest BCUT2D eigenvalue weighted by atomic mass is 10.2. The van der Waals surface area contributed by atoms with Crippen LogP contribution in [0.2, 0.25) is 0 Å². The van der Waals surface area contributed by atoms with Crippen LogP contribution in [0.5, 0.6) is 0 Å². The van der Waals surface area contributed by atoms with Crippen molar-refractivity contribution in [3.63, 3.8) is 0 Å². The SMILES string of the molecule is Cc1[c][c][c]cc1. The molecule has 0 aliphatic heterocycles. The summed E-state index contributed by atoms with van der Waals surface area (Å²) in [5.74, 6) is 0. The van der Waals surface area contributed by atoms with Crippen LogP contribution in [-0.4, -0.2) is 0 Å². The standard InChI is InChI=1S/C7H5/c1-7-5-3-2-4-6-7/h3,5H,1H3. The van der Waals surface area contributed by atoms with E-state index in [1.807, 2.05) is 19.1 Å². The van der Waals surface area contributed by atoms with Gasteiger partial charge in [0, 0.05) is 0 Å². The summed E-state index contributed by atoms with van der Waals surface area (Å²) in [7, 11) is 0. The first-order valence-electron chi connectivity index (χ1n) is 2.16. The molecular formula is C7H5. The van der Waals surface area contributed by atoms with Gasteiger partial charge in [-0.2, -0.15) is 0 Å². The fourth-order valence-electron chi connectivity index (χ4n) is 0.385. The molecule has 0 aliphatic carbocycles. The Morgan fingerprint density at radius 3 is 2.71 bits per heavy atom. The topological polar surface area (TPSA) is 0 Å². The second-order valence-electron chi connectivity index (χ2n) is 1.41. The normalized spacial score (nSPS) is 8.71. The molecule has 0 spiro atoms. The van der Waals surface area contributed by atoms with Crippen LogP contribution in [0, 0.1) is 25.1 Å². The highest BCUT2D eigenvalue weighted by atomic mass is 13.8. The van der Waals surface area contributed by atoms with Crippen molar-refractivity contribution in [3.8, 4) is 0 Å². The Labute approximate surface area is 43.8 Å². The highest BCUT2D eigenvalue weighted by Gasteiger charge is 1.74. The summed E-state index contributed by atoms with van der Waals surface area (Å²) in [6.45, 7) is 1.98. The molecule has 0 nitrogen and oxygen atoms in total. The van der Waals surface area contributed by atoms with E-state index in [-0.39, 0.29) is 0 Å². The monoisotopic (exact) mass is 89.0 g/mol. The van der Waals surface area contributed by atoms with Gasteiger partial charge in [-0.15, -0.1) is 0 Å². The van der Waals surface area contributed by atoms with Crippen LogP contribution in [0.4, 0.5) is 0 Å². The van der Waals surface area contributed by atoms with Crippen molar-refractivity contribution in [2.24, 2.45) is 0 Å². The van der Waals surface area contributed by atoms with Crippen molar-refractivity contribution < 1.29 is 0 Å². The highest BCUT2D eigenvalue weighted by molar-refractivity contribution is 5.07. The molecule has 0 atom stereocenters. The molecule has 0 unspecified atom stereocenters. The van der Waals surface area contributed by atoms with Crippen LogP contribution in [-0.2, 0) is 0 Å². The van der Waals surface area contributed by atoms with Gasteiger partial charge in [-0.25, -0.2) is 0 Å².